The van der Waals surface area contributed by atoms with Crippen LogP contribution in [0, 0.1) is 0 Å². The van der Waals surface area contributed by atoms with Crippen molar-refractivity contribution in [2.45, 2.75) is 0 Å². The maximum atomic E-state index is 0. The van der Waals surface area contributed by atoms with Gasteiger partial charge in [0, 0.05) is 53.6 Å². The summed E-state index contributed by atoms with van der Waals surface area (Å²) in [5, 5.41) is 0. The van der Waals surface area contributed by atoms with Crippen LogP contribution < -0.4 is 0 Å². The largest absolute Gasteiger partial charge is 0.316 e. The van der Waals surface area contributed by atoms with E-state index in [4.69, 9.17) is 0 Å². The van der Waals surface area contributed by atoms with Crippen LogP contribution in [0.25, 0.3) is 0 Å². The van der Waals surface area contributed by atoms with Crippen LogP contribution in [0.15, 0.2) is 0 Å². The Morgan fingerprint density at radius 3 is 1.00 bits per heavy atom. The van der Waals surface area contributed by atoms with E-state index in [1.807, 2.05) is 0 Å². The van der Waals surface area contributed by atoms with Gasteiger partial charge in [-0.2, -0.15) is 0 Å². The first kappa shape index (κ1) is 32.1. The van der Waals surface area contributed by atoms with Crippen LogP contribution in [0.1, 0.15) is 0 Å². The summed E-state index contributed by atoms with van der Waals surface area (Å²) in [5.74, 6) is 0. The Labute approximate surface area is 75.7 Å². The second-order valence-electron chi connectivity index (χ2n) is 0. The third-order valence-corrected chi connectivity index (χ3v) is 0. The number of hydrogen-bond donors (Lipinski definition) is 0. The van der Waals surface area contributed by atoms with Crippen molar-refractivity contribution in [3.8, 4) is 0 Å². The molecule has 0 aliphatic carbocycles. The molecule has 4 heavy (non-hydrogen) atoms. The molecule has 0 heterocycles. The van der Waals surface area contributed by atoms with Crippen molar-refractivity contribution < 1.29 is 53.6 Å². The normalized spacial score (nSPS) is 0. The molecule has 0 aliphatic rings. The van der Waals surface area contributed by atoms with Crippen LogP contribution in [0.5, 0.6) is 0 Å². The van der Waals surface area contributed by atoms with Crippen LogP contribution in [0.4, 0.5) is 0 Å². The van der Waals surface area contributed by atoms with Gasteiger partial charge < -0.3 is 0 Å². The average Bonchev–Trinajstić information content (AvgIpc) is 0. The smallest absolute Gasteiger partial charge is 0 e. The summed E-state index contributed by atoms with van der Waals surface area (Å²) in [4.78, 5) is 0. The molecule has 0 aromatic heterocycles. The molecule has 4 heteroatoms. The van der Waals surface area contributed by atoms with E-state index in [1.54, 1.807) is 0 Å². The standard InChI is InChI=1S/Cu.Mg.Mn.Zn.2H. The van der Waals surface area contributed by atoms with Crippen LogP contribution in [-0.2, 0) is 53.6 Å². The molecule has 0 saturated carbocycles. The molecule has 0 amide bonds. The predicted octanol–water partition coefficient (Wildman–Crippen LogP) is -0.924. The molecule has 0 bridgehead atoms. The minimum Gasteiger partial charge on any atom is 0 e. The second kappa shape index (κ2) is 18.1. The molecule has 0 fully saturated rings. The van der Waals surface area contributed by atoms with Crippen LogP contribution in [-0.4, -0.2) is 23.1 Å². The zero-order chi connectivity index (χ0) is 0. The van der Waals surface area contributed by atoms with Crippen molar-refractivity contribution in [2.24, 2.45) is 0 Å². The van der Waals surface area contributed by atoms with Crippen molar-refractivity contribution in [3.05, 3.63) is 0 Å². The molecule has 0 rings (SSSR count). The minimum absolute atomic E-state index is 0. The van der Waals surface area contributed by atoms with Crippen molar-refractivity contribution in [1.29, 1.82) is 0 Å². The van der Waals surface area contributed by atoms with Crippen molar-refractivity contribution in [2.75, 3.05) is 0 Å². The van der Waals surface area contributed by atoms with Gasteiger partial charge >= 0.3 is 23.1 Å². The van der Waals surface area contributed by atoms with E-state index >= 15 is 0 Å². The summed E-state index contributed by atoms with van der Waals surface area (Å²) >= 11 is 0. The monoisotopic (exact) mass is 208 g/mol. The van der Waals surface area contributed by atoms with Crippen LogP contribution in [0.3, 0.4) is 0 Å². The van der Waals surface area contributed by atoms with E-state index in [0.717, 1.165) is 0 Å². The third kappa shape index (κ3) is 8.83. The second-order valence-corrected chi connectivity index (χ2v) is 0. The number of rotatable bonds is 0. The Balaban J connectivity index is 0. The van der Waals surface area contributed by atoms with Crippen molar-refractivity contribution in [1.82, 2.24) is 0 Å². The Hall–Kier alpha value is 2.43. The van der Waals surface area contributed by atoms with Gasteiger partial charge in [0.05, 0.1) is 0 Å². The SMILES string of the molecule is [Cu].[MgH2].[Mn].[Zn]. The minimum atomic E-state index is 0. The van der Waals surface area contributed by atoms with Crippen molar-refractivity contribution in [3.63, 3.8) is 0 Å². The van der Waals surface area contributed by atoms with Crippen LogP contribution in [0.2, 0.25) is 0 Å². The molecule has 0 nitrogen and oxygen atoms in total. The van der Waals surface area contributed by atoms with E-state index in [-0.39, 0.29) is 76.7 Å². The summed E-state index contributed by atoms with van der Waals surface area (Å²) < 4.78 is 0. The molecule has 2 radical (unpaired) electrons. The summed E-state index contributed by atoms with van der Waals surface area (Å²) in [6.07, 6.45) is 0. The van der Waals surface area contributed by atoms with Gasteiger partial charge in [0.25, 0.3) is 0 Å². The maximum Gasteiger partial charge on any atom is 0.316 e. The van der Waals surface area contributed by atoms with Gasteiger partial charge in [-0.3, -0.25) is 0 Å². The quantitative estimate of drug-likeness (QED) is 0.453. The molecule has 0 spiro atoms. The van der Waals surface area contributed by atoms with Crippen LogP contribution >= 0.6 is 0 Å². The van der Waals surface area contributed by atoms with Gasteiger partial charge in [-0.25, -0.2) is 0 Å². The summed E-state index contributed by atoms with van der Waals surface area (Å²) in [6.45, 7) is 0. The van der Waals surface area contributed by atoms with Gasteiger partial charge in [-0.1, -0.05) is 0 Å². The average molecular weight is 210 g/mol. The molecule has 0 atom stereocenters. The van der Waals surface area contributed by atoms with E-state index in [2.05, 4.69) is 0 Å². The Kier molecular flexibility index (Phi) is 145. The Morgan fingerprint density at radius 2 is 1.00 bits per heavy atom. The first-order chi connectivity index (χ1) is 0. The van der Waals surface area contributed by atoms with Gasteiger partial charge in [-0.05, 0) is 0 Å². The zero-order valence-corrected chi connectivity index (χ0v) is 6.48. The molecule has 0 aromatic carbocycles. The molecular weight excluding hydrogens is 208 g/mol. The molecule has 0 saturated heterocycles. The van der Waals surface area contributed by atoms with E-state index in [1.165, 1.54) is 0 Å². The fourth-order valence-corrected chi connectivity index (χ4v) is 0. The fourth-order valence-electron chi connectivity index (χ4n) is 0. The summed E-state index contributed by atoms with van der Waals surface area (Å²) in [6, 6.07) is 0. The van der Waals surface area contributed by atoms with Gasteiger partial charge in [-0.15, -0.1) is 0 Å². The fraction of sp³-hybridized carbons (Fsp3) is 0. The van der Waals surface area contributed by atoms with E-state index < -0.39 is 0 Å². The van der Waals surface area contributed by atoms with Gasteiger partial charge in [0.2, 0.25) is 0 Å². The van der Waals surface area contributed by atoms with Gasteiger partial charge in [0.1, 0.15) is 0 Å². The topological polar surface area (TPSA) is 0 Å². The first-order valence-electron chi connectivity index (χ1n) is 0. The third-order valence-electron chi connectivity index (χ3n) is 0. The molecule has 0 unspecified atom stereocenters. The molecule has 24 valence electrons. The molecule has 0 aliphatic heterocycles. The maximum absolute atomic E-state index is 0. The summed E-state index contributed by atoms with van der Waals surface area (Å²) in [7, 11) is 0. The zero-order valence-electron chi connectivity index (χ0n) is 1.39. The van der Waals surface area contributed by atoms with Gasteiger partial charge in [0.15, 0.2) is 0 Å². The Bertz CT molecular complexity index is 8.00. The molecule has 0 aromatic rings. The first-order valence-corrected chi connectivity index (χ1v) is 0. The predicted molar refractivity (Wildman–Crippen MR) is 8.54 cm³/mol. The van der Waals surface area contributed by atoms with E-state index in [9.17, 15) is 0 Å². The summed E-state index contributed by atoms with van der Waals surface area (Å²) in [5.41, 5.74) is 0. The van der Waals surface area contributed by atoms with E-state index in [0.29, 0.717) is 0 Å². The molecule has 0 N–H and O–H groups in total. The molecular formula is H2CuMgMnZn. The van der Waals surface area contributed by atoms with Crippen molar-refractivity contribution >= 4 is 23.1 Å². The Morgan fingerprint density at radius 1 is 1.00 bits per heavy atom. The number of hydrogen-bond acceptors (Lipinski definition) is 0.